The average molecular weight is 266 g/mol. The van der Waals surface area contributed by atoms with E-state index in [1.165, 1.54) is 18.2 Å². The molecule has 0 radical (unpaired) electrons. The van der Waals surface area contributed by atoms with Crippen LogP contribution in [0.2, 0.25) is 0 Å². The Morgan fingerprint density at radius 3 is 2.63 bits per heavy atom. The van der Waals surface area contributed by atoms with Crippen molar-refractivity contribution in [1.29, 1.82) is 0 Å². The summed E-state index contributed by atoms with van der Waals surface area (Å²) in [6, 6.07) is 5.85. The van der Waals surface area contributed by atoms with Crippen molar-refractivity contribution in [3.63, 3.8) is 0 Å². The molecule has 0 saturated carbocycles. The molecule has 1 N–H and O–H groups in total. The molecule has 2 rings (SSSR count). The van der Waals surface area contributed by atoms with Gasteiger partial charge in [0.25, 0.3) is 0 Å². The quantitative estimate of drug-likeness (QED) is 0.831. The molecule has 19 heavy (non-hydrogen) atoms. The molecule has 1 aromatic carbocycles. The van der Waals surface area contributed by atoms with E-state index >= 15 is 0 Å². The standard InChI is InChI=1S/C13H15FN2O3/c14-10-3-1-2-4-11(10)15-12(17)9-13(18)16-5-7-19-8-6-16/h1-4H,5-9H2,(H,15,17). The Bertz CT molecular complexity index is 473. The molecule has 1 fully saturated rings. The summed E-state index contributed by atoms with van der Waals surface area (Å²) in [4.78, 5) is 25.0. The molecule has 1 heterocycles. The van der Waals surface area contributed by atoms with Crippen LogP contribution in [-0.4, -0.2) is 43.0 Å². The van der Waals surface area contributed by atoms with Gasteiger partial charge in [0.1, 0.15) is 12.2 Å². The van der Waals surface area contributed by atoms with Crippen LogP contribution in [0.3, 0.4) is 0 Å². The molecule has 1 aliphatic rings. The van der Waals surface area contributed by atoms with Gasteiger partial charge in [0.05, 0.1) is 18.9 Å². The van der Waals surface area contributed by atoms with Gasteiger partial charge >= 0.3 is 0 Å². The second-order valence-electron chi connectivity index (χ2n) is 4.20. The third kappa shape index (κ3) is 3.75. The fourth-order valence-corrected chi connectivity index (χ4v) is 1.82. The summed E-state index contributed by atoms with van der Waals surface area (Å²) in [6.07, 6.45) is -0.283. The van der Waals surface area contributed by atoms with E-state index in [9.17, 15) is 14.0 Å². The third-order valence-electron chi connectivity index (χ3n) is 2.82. The molecule has 102 valence electrons. The summed E-state index contributed by atoms with van der Waals surface area (Å²) in [5.41, 5.74) is 0.0854. The highest BCUT2D eigenvalue weighted by molar-refractivity contribution is 6.03. The smallest absolute Gasteiger partial charge is 0.233 e. The first-order chi connectivity index (χ1) is 9.16. The number of carbonyl (C=O) groups is 2. The number of para-hydroxylation sites is 1. The maximum atomic E-state index is 13.3. The number of nitrogens with zero attached hydrogens (tertiary/aromatic N) is 1. The highest BCUT2D eigenvalue weighted by Crippen LogP contribution is 2.12. The molecule has 0 aliphatic carbocycles. The summed E-state index contributed by atoms with van der Waals surface area (Å²) in [6.45, 7) is 1.96. The van der Waals surface area contributed by atoms with E-state index in [1.807, 2.05) is 0 Å². The number of carbonyl (C=O) groups excluding carboxylic acids is 2. The van der Waals surface area contributed by atoms with Crippen molar-refractivity contribution < 1.29 is 18.7 Å². The first kappa shape index (κ1) is 13.5. The number of rotatable bonds is 3. The first-order valence-corrected chi connectivity index (χ1v) is 6.07. The lowest BCUT2D eigenvalue weighted by atomic mass is 10.2. The summed E-state index contributed by atoms with van der Waals surface area (Å²) in [7, 11) is 0. The van der Waals surface area contributed by atoms with Crippen molar-refractivity contribution in [3.05, 3.63) is 30.1 Å². The number of nitrogens with one attached hydrogen (secondary N) is 1. The molecule has 0 spiro atoms. The second-order valence-corrected chi connectivity index (χ2v) is 4.20. The Kier molecular flexibility index (Phi) is 4.46. The van der Waals surface area contributed by atoms with E-state index in [4.69, 9.17) is 4.74 Å². The van der Waals surface area contributed by atoms with Gasteiger partial charge in [0.2, 0.25) is 11.8 Å². The van der Waals surface area contributed by atoms with Crippen LogP contribution in [0.25, 0.3) is 0 Å². The Balaban J connectivity index is 1.87. The largest absolute Gasteiger partial charge is 0.378 e. The predicted octanol–water partition coefficient (Wildman–Crippen LogP) is 1.01. The van der Waals surface area contributed by atoms with E-state index in [0.717, 1.165) is 0 Å². The van der Waals surface area contributed by atoms with Gasteiger partial charge in [-0.05, 0) is 12.1 Å². The van der Waals surface area contributed by atoms with Gasteiger partial charge < -0.3 is 15.0 Å². The van der Waals surface area contributed by atoms with Gasteiger partial charge in [-0.3, -0.25) is 9.59 Å². The Morgan fingerprint density at radius 1 is 1.26 bits per heavy atom. The first-order valence-electron chi connectivity index (χ1n) is 6.07. The van der Waals surface area contributed by atoms with Crippen LogP contribution in [0.15, 0.2) is 24.3 Å². The number of hydrogen-bond donors (Lipinski definition) is 1. The summed E-state index contributed by atoms with van der Waals surface area (Å²) in [5.74, 6) is -1.30. The normalized spacial score (nSPS) is 15.1. The Morgan fingerprint density at radius 2 is 1.95 bits per heavy atom. The molecule has 2 amide bonds. The Hall–Kier alpha value is -1.95. The minimum atomic E-state index is -0.519. The van der Waals surface area contributed by atoms with Gasteiger partial charge in [0.15, 0.2) is 0 Å². The summed E-state index contributed by atoms with van der Waals surface area (Å²) in [5, 5.41) is 2.39. The van der Waals surface area contributed by atoms with Crippen LogP contribution in [0.4, 0.5) is 10.1 Å². The molecule has 5 nitrogen and oxygen atoms in total. The van der Waals surface area contributed by atoms with Crippen LogP contribution in [0.1, 0.15) is 6.42 Å². The van der Waals surface area contributed by atoms with Crippen molar-refractivity contribution in [2.24, 2.45) is 0 Å². The lowest BCUT2D eigenvalue weighted by molar-refractivity contribution is -0.138. The predicted molar refractivity (Wildman–Crippen MR) is 67.0 cm³/mol. The number of amides is 2. The van der Waals surface area contributed by atoms with Crippen molar-refractivity contribution in [3.8, 4) is 0 Å². The molecular weight excluding hydrogens is 251 g/mol. The van der Waals surface area contributed by atoms with E-state index in [0.29, 0.717) is 26.3 Å². The van der Waals surface area contributed by atoms with E-state index in [2.05, 4.69) is 5.32 Å². The van der Waals surface area contributed by atoms with Gasteiger partial charge in [-0.2, -0.15) is 0 Å². The number of anilines is 1. The summed E-state index contributed by atoms with van der Waals surface area (Å²) < 4.78 is 18.4. The van der Waals surface area contributed by atoms with Crippen LogP contribution in [-0.2, 0) is 14.3 Å². The third-order valence-corrected chi connectivity index (χ3v) is 2.82. The van der Waals surface area contributed by atoms with Gasteiger partial charge in [-0.25, -0.2) is 4.39 Å². The van der Waals surface area contributed by atoms with E-state index in [-0.39, 0.29) is 18.0 Å². The van der Waals surface area contributed by atoms with Gasteiger partial charge in [0, 0.05) is 13.1 Å². The molecular formula is C13H15FN2O3. The molecule has 0 unspecified atom stereocenters. The highest BCUT2D eigenvalue weighted by Gasteiger charge is 2.19. The Labute approximate surface area is 110 Å². The van der Waals surface area contributed by atoms with Crippen molar-refractivity contribution in [2.75, 3.05) is 31.6 Å². The molecule has 1 aromatic rings. The van der Waals surface area contributed by atoms with Crippen molar-refractivity contribution in [1.82, 2.24) is 4.90 Å². The maximum absolute atomic E-state index is 13.3. The number of ether oxygens (including phenoxy) is 1. The zero-order valence-corrected chi connectivity index (χ0v) is 10.4. The SMILES string of the molecule is O=C(CC(=O)N1CCOCC1)Nc1ccccc1F. The van der Waals surface area contributed by atoms with Crippen LogP contribution < -0.4 is 5.32 Å². The molecule has 0 bridgehead atoms. The molecule has 1 aliphatic heterocycles. The van der Waals surface area contributed by atoms with Crippen LogP contribution >= 0.6 is 0 Å². The number of morpholine rings is 1. The maximum Gasteiger partial charge on any atom is 0.233 e. The highest BCUT2D eigenvalue weighted by atomic mass is 19.1. The number of hydrogen-bond acceptors (Lipinski definition) is 3. The lowest BCUT2D eigenvalue weighted by Gasteiger charge is -2.26. The second kappa shape index (κ2) is 6.29. The summed E-state index contributed by atoms with van der Waals surface area (Å²) >= 11 is 0. The number of halogens is 1. The minimum absolute atomic E-state index is 0.0854. The zero-order chi connectivity index (χ0) is 13.7. The fraction of sp³-hybridized carbons (Fsp3) is 0.385. The zero-order valence-electron chi connectivity index (χ0n) is 10.4. The number of benzene rings is 1. The molecule has 0 aromatic heterocycles. The molecule has 0 atom stereocenters. The molecule has 6 heteroatoms. The van der Waals surface area contributed by atoms with E-state index in [1.54, 1.807) is 11.0 Å². The van der Waals surface area contributed by atoms with Gasteiger partial charge in [-0.15, -0.1) is 0 Å². The van der Waals surface area contributed by atoms with E-state index < -0.39 is 11.7 Å². The minimum Gasteiger partial charge on any atom is -0.378 e. The fourth-order valence-electron chi connectivity index (χ4n) is 1.82. The monoisotopic (exact) mass is 266 g/mol. The van der Waals surface area contributed by atoms with Crippen molar-refractivity contribution in [2.45, 2.75) is 6.42 Å². The van der Waals surface area contributed by atoms with Crippen LogP contribution in [0, 0.1) is 5.82 Å². The lowest BCUT2D eigenvalue weighted by Crippen LogP contribution is -2.42. The van der Waals surface area contributed by atoms with Gasteiger partial charge in [-0.1, -0.05) is 12.1 Å². The van der Waals surface area contributed by atoms with Crippen molar-refractivity contribution >= 4 is 17.5 Å². The van der Waals surface area contributed by atoms with Crippen LogP contribution in [0.5, 0.6) is 0 Å². The average Bonchev–Trinajstić information content (AvgIpc) is 2.42. The topological polar surface area (TPSA) is 58.6 Å². The molecule has 1 saturated heterocycles.